The summed E-state index contributed by atoms with van der Waals surface area (Å²) in [6.07, 6.45) is 6.01. The van der Waals surface area contributed by atoms with Crippen molar-refractivity contribution in [2.24, 2.45) is 23.7 Å². The van der Waals surface area contributed by atoms with Gasteiger partial charge in [0.2, 0.25) is 0 Å². The van der Waals surface area contributed by atoms with Crippen LogP contribution in [-0.2, 0) is 9.53 Å². The van der Waals surface area contributed by atoms with Crippen molar-refractivity contribution in [1.29, 1.82) is 0 Å². The van der Waals surface area contributed by atoms with Gasteiger partial charge in [0, 0.05) is 12.0 Å². The molecular weight excluding hydrogens is 188 g/mol. The Morgan fingerprint density at radius 1 is 1.27 bits per heavy atom. The predicted octanol–water partition coefficient (Wildman–Crippen LogP) is 2.29. The Morgan fingerprint density at radius 2 is 2.00 bits per heavy atom. The van der Waals surface area contributed by atoms with Gasteiger partial charge in [-0.15, -0.1) is 0 Å². The lowest BCUT2D eigenvalue weighted by Crippen LogP contribution is -2.59. The maximum atomic E-state index is 11.5. The largest absolute Gasteiger partial charge is 0.455 e. The first kappa shape index (κ1) is 8.37. The first-order valence-electron chi connectivity index (χ1n) is 6.09. The molecule has 6 fully saturated rings. The van der Waals surface area contributed by atoms with Crippen LogP contribution in [0.3, 0.4) is 0 Å². The van der Waals surface area contributed by atoms with E-state index in [1.54, 1.807) is 0 Å². The maximum Gasteiger partial charge on any atom is 0.334 e. The number of esters is 1. The van der Waals surface area contributed by atoms with Gasteiger partial charge in [0.05, 0.1) is 0 Å². The first-order chi connectivity index (χ1) is 7.18. The zero-order valence-electron chi connectivity index (χ0n) is 8.87. The highest BCUT2D eigenvalue weighted by Crippen LogP contribution is 2.66. The smallest absolute Gasteiger partial charge is 0.334 e. The summed E-state index contributed by atoms with van der Waals surface area (Å²) < 4.78 is 5.67. The van der Waals surface area contributed by atoms with E-state index >= 15 is 0 Å². The van der Waals surface area contributed by atoms with Gasteiger partial charge in [-0.05, 0) is 49.4 Å². The summed E-state index contributed by atoms with van der Waals surface area (Å²) in [5.74, 6) is 3.32. The van der Waals surface area contributed by atoms with Gasteiger partial charge >= 0.3 is 5.97 Å². The van der Waals surface area contributed by atoms with Crippen molar-refractivity contribution in [3.05, 3.63) is 12.2 Å². The van der Waals surface area contributed by atoms with Crippen LogP contribution in [0.25, 0.3) is 0 Å². The van der Waals surface area contributed by atoms with Crippen LogP contribution in [0.15, 0.2) is 12.2 Å². The van der Waals surface area contributed by atoms with Crippen LogP contribution in [0.2, 0.25) is 0 Å². The number of hydrogen-bond acceptors (Lipinski definition) is 2. The Labute approximate surface area is 89.7 Å². The van der Waals surface area contributed by atoms with Crippen molar-refractivity contribution in [2.75, 3.05) is 0 Å². The number of carbonyl (C=O) groups excluding carboxylic acids is 1. The van der Waals surface area contributed by atoms with E-state index in [2.05, 4.69) is 6.58 Å². The molecule has 0 aromatic carbocycles. The SMILES string of the molecule is C=C1C[C@@]2(CC3[C@H]4CC2C[C@H]3C4)OC1=O. The van der Waals surface area contributed by atoms with E-state index in [0.717, 1.165) is 30.6 Å². The molecular formula is C13H16O2. The molecule has 0 radical (unpaired) electrons. The fourth-order valence-electron chi connectivity index (χ4n) is 4.69. The standard InChI is InChI=1S/C13H16O2/c1-7-5-13(15-12(7)14)6-11-8-2-9(11)4-10(13)3-8/h8-11H,1-6H2/t8-,9-,10?,11?,13+/m1/s1. The minimum atomic E-state index is -0.128. The molecule has 0 amide bonds. The van der Waals surface area contributed by atoms with Crippen LogP contribution in [-0.4, -0.2) is 11.6 Å². The van der Waals surface area contributed by atoms with Crippen molar-refractivity contribution < 1.29 is 9.53 Å². The number of rotatable bonds is 0. The molecule has 6 aliphatic rings. The summed E-state index contributed by atoms with van der Waals surface area (Å²) in [5, 5.41) is 0. The van der Waals surface area contributed by atoms with Gasteiger partial charge in [-0.25, -0.2) is 4.79 Å². The average Bonchev–Trinajstić information content (AvgIpc) is 2.51. The molecule has 6 rings (SSSR count). The molecule has 0 N–H and O–H groups in total. The van der Waals surface area contributed by atoms with E-state index in [9.17, 15) is 4.79 Å². The van der Waals surface area contributed by atoms with Crippen molar-refractivity contribution in [3.63, 3.8) is 0 Å². The molecule has 80 valence electrons. The minimum Gasteiger partial charge on any atom is -0.455 e. The highest BCUT2D eigenvalue weighted by atomic mass is 16.6. The zero-order chi connectivity index (χ0) is 10.2. The molecule has 0 aromatic heterocycles. The lowest BCUT2D eigenvalue weighted by Gasteiger charge is -2.62. The molecule has 4 bridgehead atoms. The summed E-state index contributed by atoms with van der Waals surface area (Å²) in [7, 11) is 0. The normalized spacial score (nSPS) is 55.7. The van der Waals surface area contributed by atoms with Gasteiger partial charge in [-0.3, -0.25) is 0 Å². The average molecular weight is 204 g/mol. The van der Waals surface area contributed by atoms with Crippen LogP contribution in [0.1, 0.15) is 32.1 Å². The van der Waals surface area contributed by atoms with Gasteiger partial charge in [-0.1, -0.05) is 6.58 Å². The summed E-state index contributed by atoms with van der Waals surface area (Å²) in [6, 6.07) is 0. The number of carbonyl (C=O) groups is 1. The lowest BCUT2D eigenvalue weighted by atomic mass is 9.44. The molecule has 3 atom stereocenters. The van der Waals surface area contributed by atoms with Gasteiger partial charge in [0.1, 0.15) is 5.60 Å². The molecule has 2 heteroatoms. The zero-order valence-corrected chi connectivity index (χ0v) is 8.87. The highest BCUT2D eigenvalue weighted by Gasteiger charge is 2.63. The molecule has 5 saturated carbocycles. The third kappa shape index (κ3) is 0.849. The minimum absolute atomic E-state index is 0.105. The van der Waals surface area contributed by atoms with Crippen molar-refractivity contribution in [2.45, 2.75) is 37.7 Å². The van der Waals surface area contributed by atoms with E-state index in [0.29, 0.717) is 11.5 Å². The van der Waals surface area contributed by atoms with Crippen LogP contribution in [0.5, 0.6) is 0 Å². The van der Waals surface area contributed by atoms with E-state index in [-0.39, 0.29) is 11.6 Å². The van der Waals surface area contributed by atoms with Crippen molar-refractivity contribution >= 4 is 5.97 Å². The fraction of sp³-hybridized carbons (Fsp3) is 0.769. The quantitative estimate of drug-likeness (QED) is 0.447. The van der Waals surface area contributed by atoms with E-state index in [1.165, 1.54) is 19.3 Å². The van der Waals surface area contributed by atoms with Crippen molar-refractivity contribution in [1.82, 2.24) is 0 Å². The molecule has 0 aromatic rings. The second kappa shape index (κ2) is 2.31. The van der Waals surface area contributed by atoms with Gasteiger partial charge in [0.25, 0.3) is 0 Å². The molecule has 1 spiro atoms. The van der Waals surface area contributed by atoms with E-state index in [4.69, 9.17) is 4.74 Å². The molecule has 1 saturated heterocycles. The summed E-state index contributed by atoms with van der Waals surface area (Å²) in [4.78, 5) is 11.5. The van der Waals surface area contributed by atoms with Crippen LogP contribution < -0.4 is 0 Å². The lowest BCUT2D eigenvalue weighted by molar-refractivity contribution is -0.200. The molecule has 5 aliphatic carbocycles. The maximum absolute atomic E-state index is 11.5. The third-order valence-electron chi connectivity index (χ3n) is 5.41. The van der Waals surface area contributed by atoms with Crippen LogP contribution >= 0.6 is 0 Å². The van der Waals surface area contributed by atoms with Gasteiger partial charge in [-0.2, -0.15) is 0 Å². The Bertz CT molecular complexity index is 343. The van der Waals surface area contributed by atoms with E-state index < -0.39 is 0 Å². The molecule has 15 heavy (non-hydrogen) atoms. The molecule has 2 nitrogen and oxygen atoms in total. The number of ether oxygens (including phenoxy) is 1. The van der Waals surface area contributed by atoms with Crippen LogP contribution in [0.4, 0.5) is 0 Å². The predicted molar refractivity (Wildman–Crippen MR) is 55.0 cm³/mol. The molecule has 1 aliphatic heterocycles. The van der Waals surface area contributed by atoms with Gasteiger partial charge in [0.15, 0.2) is 0 Å². The summed E-state index contributed by atoms with van der Waals surface area (Å²) in [6.45, 7) is 3.82. The summed E-state index contributed by atoms with van der Waals surface area (Å²) >= 11 is 0. The highest BCUT2D eigenvalue weighted by molar-refractivity contribution is 5.90. The Morgan fingerprint density at radius 3 is 2.47 bits per heavy atom. The monoisotopic (exact) mass is 204 g/mol. The fourth-order valence-corrected chi connectivity index (χ4v) is 4.69. The Kier molecular flexibility index (Phi) is 1.29. The third-order valence-corrected chi connectivity index (χ3v) is 5.41. The Balaban J connectivity index is 1.69. The topological polar surface area (TPSA) is 26.3 Å². The number of hydrogen-bond donors (Lipinski definition) is 0. The molecule has 1 heterocycles. The second-order valence-corrected chi connectivity index (χ2v) is 6.03. The Hall–Kier alpha value is -0.790. The summed E-state index contributed by atoms with van der Waals surface area (Å²) in [5.41, 5.74) is 0.600. The van der Waals surface area contributed by atoms with Crippen LogP contribution in [0, 0.1) is 23.7 Å². The second-order valence-electron chi connectivity index (χ2n) is 6.03. The van der Waals surface area contributed by atoms with E-state index in [1.807, 2.05) is 0 Å². The van der Waals surface area contributed by atoms with Gasteiger partial charge < -0.3 is 4.74 Å². The first-order valence-corrected chi connectivity index (χ1v) is 6.09. The van der Waals surface area contributed by atoms with Crippen molar-refractivity contribution in [3.8, 4) is 0 Å². The molecule has 0 unspecified atom stereocenters.